The highest BCUT2D eigenvalue weighted by atomic mass is 16.6. The Balaban J connectivity index is 1.92. The summed E-state index contributed by atoms with van der Waals surface area (Å²) in [5.74, 6) is -0.253. The third-order valence-corrected chi connectivity index (χ3v) is 3.54. The Labute approximate surface area is 135 Å². The zero-order valence-corrected chi connectivity index (χ0v) is 14.0. The second-order valence-corrected chi connectivity index (χ2v) is 6.62. The number of aromatic nitrogens is 1. The molecule has 1 aliphatic heterocycles. The average molecular weight is 321 g/mol. The molecular weight excluding hydrogens is 298 g/mol. The van der Waals surface area contributed by atoms with Gasteiger partial charge in [0.25, 0.3) is 5.91 Å². The minimum atomic E-state index is -0.530. The van der Waals surface area contributed by atoms with E-state index in [1.165, 1.54) is 13.1 Å². The molecule has 2 amide bonds. The summed E-state index contributed by atoms with van der Waals surface area (Å²) in [6, 6.07) is 1.56. The van der Waals surface area contributed by atoms with Gasteiger partial charge in [0.05, 0.1) is 0 Å². The molecule has 1 aliphatic rings. The fourth-order valence-electron chi connectivity index (χ4n) is 2.31. The lowest BCUT2D eigenvalue weighted by Gasteiger charge is -2.35. The molecule has 0 aliphatic carbocycles. The van der Waals surface area contributed by atoms with Crippen molar-refractivity contribution in [1.29, 1.82) is 0 Å². The summed E-state index contributed by atoms with van der Waals surface area (Å²) in [7, 11) is 0. The van der Waals surface area contributed by atoms with Gasteiger partial charge in [0.2, 0.25) is 0 Å². The molecule has 1 N–H and O–H groups in total. The van der Waals surface area contributed by atoms with Crippen LogP contribution < -0.4 is 0 Å². The summed E-state index contributed by atoms with van der Waals surface area (Å²) in [5, 5.41) is 0. The van der Waals surface area contributed by atoms with E-state index in [-0.39, 0.29) is 17.8 Å². The molecule has 0 atom stereocenters. The predicted octanol–water partition coefficient (Wildman–Crippen LogP) is 1.91. The first-order valence-corrected chi connectivity index (χ1v) is 7.64. The van der Waals surface area contributed by atoms with Crippen molar-refractivity contribution in [2.45, 2.75) is 33.3 Å². The van der Waals surface area contributed by atoms with Gasteiger partial charge in [-0.1, -0.05) is 0 Å². The monoisotopic (exact) mass is 321 g/mol. The van der Waals surface area contributed by atoms with E-state index in [1.807, 2.05) is 20.8 Å². The van der Waals surface area contributed by atoms with Crippen LogP contribution in [0.2, 0.25) is 0 Å². The molecule has 126 valence electrons. The van der Waals surface area contributed by atoms with E-state index in [1.54, 1.807) is 15.9 Å². The van der Waals surface area contributed by atoms with Crippen LogP contribution in [0.3, 0.4) is 0 Å². The Kier molecular flexibility index (Phi) is 4.77. The van der Waals surface area contributed by atoms with Crippen LogP contribution in [0.5, 0.6) is 0 Å². The highest BCUT2D eigenvalue weighted by molar-refractivity contribution is 5.99. The Morgan fingerprint density at radius 1 is 1.09 bits per heavy atom. The third-order valence-electron chi connectivity index (χ3n) is 3.54. The maximum Gasteiger partial charge on any atom is 0.410 e. The molecule has 0 aromatic carbocycles. The zero-order valence-electron chi connectivity index (χ0n) is 14.0. The van der Waals surface area contributed by atoms with Crippen LogP contribution in [-0.4, -0.2) is 64.3 Å². The van der Waals surface area contributed by atoms with Crippen LogP contribution in [0.25, 0.3) is 0 Å². The first-order valence-electron chi connectivity index (χ1n) is 7.64. The first kappa shape index (κ1) is 17.1. The van der Waals surface area contributed by atoms with E-state index in [0.717, 1.165) is 0 Å². The number of nitrogens with one attached hydrogen (secondary N) is 1. The number of ketones is 1. The lowest BCUT2D eigenvalue weighted by atomic mass is 10.2. The van der Waals surface area contributed by atoms with Crippen molar-refractivity contribution < 1.29 is 19.1 Å². The van der Waals surface area contributed by atoms with Gasteiger partial charge in [-0.05, 0) is 33.8 Å². The minimum absolute atomic E-state index is 0.0879. The highest BCUT2D eigenvalue weighted by Crippen LogP contribution is 2.14. The highest BCUT2D eigenvalue weighted by Gasteiger charge is 2.28. The van der Waals surface area contributed by atoms with Gasteiger partial charge >= 0.3 is 6.09 Å². The molecule has 1 aromatic rings. The molecule has 1 saturated heterocycles. The van der Waals surface area contributed by atoms with Crippen LogP contribution in [-0.2, 0) is 4.74 Å². The van der Waals surface area contributed by atoms with Gasteiger partial charge in [0.15, 0.2) is 5.78 Å². The Morgan fingerprint density at radius 3 is 2.13 bits per heavy atom. The summed E-state index contributed by atoms with van der Waals surface area (Å²) in [5.41, 5.74) is 0.346. The van der Waals surface area contributed by atoms with Gasteiger partial charge < -0.3 is 19.5 Å². The number of amides is 2. The third kappa shape index (κ3) is 4.34. The number of ether oxygens (including phenoxy) is 1. The zero-order chi connectivity index (χ0) is 17.2. The number of piperazine rings is 1. The van der Waals surface area contributed by atoms with Crippen molar-refractivity contribution in [2.75, 3.05) is 26.2 Å². The molecule has 0 radical (unpaired) electrons. The van der Waals surface area contributed by atoms with Gasteiger partial charge in [-0.15, -0.1) is 0 Å². The average Bonchev–Trinajstić information content (AvgIpc) is 2.95. The lowest BCUT2D eigenvalue weighted by Crippen LogP contribution is -2.51. The Morgan fingerprint density at radius 2 is 1.65 bits per heavy atom. The van der Waals surface area contributed by atoms with Gasteiger partial charge in [-0.25, -0.2) is 4.79 Å². The summed E-state index contributed by atoms with van der Waals surface area (Å²) in [6.45, 7) is 8.66. The summed E-state index contributed by atoms with van der Waals surface area (Å²) >= 11 is 0. The number of carbonyl (C=O) groups is 3. The molecule has 0 spiro atoms. The van der Waals surface area contributed by atoms with Crippen LogP contribution in [0.1, 0.15) is 48.5 Å². The number of hydrogen-bond acceptors (Lipinski definition) is 4. The molecular formula is C16H23N3O4. The molecule has 1 fully saturated rings. The summed E-state index contributed by atoms with van der Waals surface area (Å²) < 4.78 is 5.33. The van der Waals surface area contributed by atoms with Crippen molar-refractivity contribution in [3.8, 4) is 0 Å². The van der Waals surface area contributed by atoms with Crippen LogP contribution >= 0.6 is 0 Å². The second kappa shape index (κ2) is 6.44. The normalized spacial score (nSPS) is 15.5. The van der Waals surface area contributed by atoms with Crippen molar-refractivity contribution in [2.24, 2.45) is 0 Å². The lowest BCUT2D eigenvalue weighted by molar-refractivity contribution is 0.0140. The minimum Gasteiger partial charge on any atom is -0.444 e. The summed E-state index contributed by atoms with van der Waals surface area (Å²) in [6.07, 6.45) is 1.18. The van der Waals surface area contributed by atoms with E-state index in [2.05, 4.69) is 4.98 Å². The maximum atomic E-state index is 12.4. The van der Waals surface area contributed by atoms with Crippen molar-refractivity contribution >= 4 is 17.8 Å². The van der Waals surface area contributed by atoms with Crippen molar-refractivity contribution in [1.82, 2.24) is 14.8 Å². The molecule has 7 heteroatoms. The maximum absolute atomic E-state index is 12.4. The van der Waals surface area contributed by atoms with E-state index in [0.29, 0.717) is 37.4 Å². The predicted molar refractivity (Wildman–Crippen MR) is 84.5 cm³/mol. The largest absolute Gasteiger partial charge is 0.444 e. The second-order valence-electron chi connectivity index (χ2n) is 6.62. The molecule has 2 rings (SSSR count). The van der Waals surface area contributed by atoms with Crippen molar-refractivity contribution in [3.63, 3.8) is 0 Å². The number of aromatic amines is 1. The van der Waals surface area contributed by atoms with E-state index < -0.39 is 5.60 Å². The fourth-order valence-corrected chi connectivity index (χ4v) is 2.31. The molecule has 7 nitrogen and oxygen atoms in total. The van der Waals surface area contributed by atoms with Crippen LogP contribution in [0, 0.1) is 0 Å². The Bertz CT molecular complexity index is 607. The number of carbonyl (C=O) groups excluding carboxylic acids is 3. The molecule has 2 heterocycles. The smallest absolute Gasteiger partial charge is 0.410 e. The SMILES string of the molecule is CC(=O)c1c[nH]c(C(=O)N2CCN(C(=O)OC(C)(C)C)CC2)c1. The van der Waals surface area contributed by atoms with Crippen LogP contribution in [0.15, 0.2) is 12.3 Å². The first-order chi connectivity index (χ1) is 10.7. The quantitative estimate of drug-likeness (QED) is 0.844. The van der Waals surface area contributed by atoms with Gasteiger partial charge in [-0.2, -0.15) is 0 Å². The number of hydrogen-bond donors (Lipinski definition) is 1. The van der Waals surface area contributed by atoms with E-state index in [4.69, 9.17) is 4.74 Å². The molecule has 0 bridgehead atoms. The topological polar surface area (TPSA) is 82.7 Å². The number of H-pyrrole nitrogens is 1. The number of nitrogens with zero attached hydrogens (tertiary/aromatic N) is 2. The van der Waals surface area contributed by atoms with E-state index >= 15 is 0 Å². The number of Topliss-reactive ketones (excluding diaryl/α,β-unsaturated/α-hetero) is 1. The Hall–Kier alpha value is -2.31. The summed E-state index contributed by atoms with van der Waals surface area (Å²) in [4.78, 5) is 41.8. The molecule has 23 heavy (non-hydrogen) atoms. The van der Waals surface area contributed by atoms with E-state index in [9.17, 15) is 14.4 Å². The van der Waals surface area contributed by atoms with Gasteiger partial charge in [0.1, 0.15) is 11.3 Å². The standard InChI is InChI=1S/C16H23N3O4/c1-11(20)12-9-13(17-10-12)14(21)18-5-7-19(8-6-18)15(22)23-16(2,3)4/h9-10,17H,5-8H2,1-4H3. The number of rotatable bonds is 2. The van der Waals surface area contributed by atoms with Gasteiger partial charge in [0, 0.05) is 37.9 Å². The molecule has 0 unspecified atom stereocenters. The van der Waals surface area contributed by atoms with Crippen molar-refractivity contribution in [3.05, 3.63) is 23.5 Å². The van der Waals surface area contributed by atoms with Gasteiger partial charge in [-0.3, -0.25) is 9.59 Å². The fraction of sp³-hybridized carbons (Fsp3) is 0.562. The molecule has 1 aromatic heterocycles. The van der Waals surface area contributed by atoms with Crippen LogP contribution in [0.4, 0.5) is 4.79 Å². The molecule has 0 saturated carbocycles.